The molecule has 1 atom stereocenters. The Balaban J connectivity index is 2.32. The molecule has 5 nitrogen and oxygen atoms in total. The summed E-state index contributed by atoms with van der Waals surface area (Å²) >= 11 is 4.83. The van der Waals surface area contributed by atoms with Gasteiger partial charge in [0.25, 0.3) is 5.56 Å². The average Bonchev–Trinajstić information content (AvgIpc) is 2.85. The Morgan fingerprint density at radius 3 is 2.61 bits per heavy atom. The maximum Gasteiger partial charge on any atom is 0.326 e. The van der Waals surface area contributed by atoms with Crippen LogP contribution < -0.4 is 5.56 Å². The smallest absolute Gasteiger partial charge is 0.326 e. The van der Waals surface area contributed by atoms with Gasteiger partial charge in [-0.1, -0.05) is 28.1 Å². The Morgan fingerprint density at radius 1 is 1.35 bits per heavy atom. The van der Waals surface area contributed by atoms with Crippen LogP contribution >= 0.6 is 27.3 Å². The predicted molar refractivity (Wildman–Crippen MR) is 94.1 cm³/mol. The molecule has 1 aromatic carbocycles. The highest BCUT2D eigenvalue weighted by atomic mass is 79.9. The molecule has 0 amide bonds. The van der Waals surface area contributed by atoms with Crippen LogP contribution in [0.1, 0.15) is 17.8 Å². The van der Waals surface area contributed by atoms with E-state index in [2.05, 4.69) is 20.9 Å². The molecule has 2 heterocycles. The molecular weight excluding hydrogens is 380 g/mol. The summed E-state index contributed by atoms with van der Waals surface area (Å²) in [6.07, 6.45) is 1.31. The van der Waals surface area contributed by atoms with Gasteiger partial charge in [0.05, 0.1) is 11.7 Å². The number of aromatic nitrogens is 2. The fourth-order valence-electron chi connectivity index (χ4n) is 2.47. The lowest BCUT2D eigenvalue weighted by molar-refractivity contribution is -0.140. The van der Waals surface area contributed by atoms with E-state index in [4.69, 9.17) is 5.11 Å². The highest BCUT2D eigenvalue weighted by molar-refractivity contribution is 9.10. The zero-order chi connectivity index (χ0) is 16.7. The van der Waals surface area contributed by atoms with Gasteiger partial charge in [0.1, 0.15) is 10.9 Å². The van der Waals surface area contributed by atoms with Crippen LogP contribution in [0.3, 0.4) is 0 Å². The first-order valence-corrected chi connectivity index (χ1v) is 8.50. The minimum absolute atomic E-state index is 0.327. The summed E-state index contributed by atoms with van der Waals surface area (Å²) in [6.45, 7) is 3.41. The molecule has 2 aromatic heterocycles. The number of benzene rings is 1. The van der Waals surface area contributed by atoms with Crippen LogP contribution in [0.5, 0.6) is 0 Å². The maximum absolute atomic E-state index is 12.8. The molecule has 0 saturated heterocycles. The van der Waals surface area contributed by atoms with Crippen molar-refractivity contribution in [2.75, 3.05) is 0 Å². The van der Waals surface area contributed by atoms with E-state index in [0.717, 1.165) is 20.5 Å². The Morgan fingerprint density at radius 2 is 2.00 bits per heavy atom. The van der Waals surface area contributed by atoms with E-state index in [0.29, 0.717) is 10.2 Å². The molecule has 0 spiro atoms. The highest BCUT2D eigenvalue weighted by Gasteiger charge is 2.21. The van der Waals surface area contributed by atoms with Crippen molar-refractivity contribution in [2.24, 2.45) is 0 Å². The van der Waals surface area contributed by atoms with Gasteiger partial charge in [-0.3, -0.25) is 9.36 Å². The van der Waals surface area contributed by atoms with E-state index in [-0.39, 0.29) is 5.56 Å². The summed E-state index contributed by atoms with van der Waals surface area (Å²) in [5.74, 6) is -1.06. The van der Waals surface area contributed by atoms with Crippen molar-refractivity contribution in [3.63, 3.8) is 0 Å². The first-order chi connectivity index (χ1) is 10.9. The topological polar surface area (TPSA) is 72.2 Å². The standard InChI is InChI=1S/C16H13BrN2O3S/c1-8(16(21)22)19-7-18-14-13(15(19)20)12(9(2)23-14)10-3-5-11(17)6-4-10/h3-8H,1-2H3,(H,21,22). The number of hydrogen-bond donors (Lipinski definition) is 1. The van der Waals surface area contributed by atoms with Crippen LogP contribution in [0.4, 0.5) is 0 Å². The molecule has 0 aliphatic rings. The predicted octanol–water partition coefficient (Wildman–Crippen LogP) is 3.84. The Hall–Kier alpha value is -1.99. The second-order valence-corrected chi connectivity index (χ2v) is 7.31. The van der Waals surface area contributed by atoms with Gasteiger partial charge >= 0.3 is 5.97 Å². The van der Waals surface area contributed by atoms with E-state index in [1.54, 1.807) is 0 Å². The lowest BCUT2D eigenvalue weighted by Crippen LogP contribution is -2.28. The normalized spacial score (nSPS) is 12.5. The van der Waals surface area contributed by atoms with Crippen molar-refractivity contribution in [3.8, 4) is 11.1 Å². The molecule has 3 aromatic rings. The van der Waals surface area contributed by atoms with Crippen molar-refractivity contribution in [1.82, 2.24) is 9.55 Å². The molecule has 0 bridgehead atoms. The molecule has 0 fully saturated rings. The summed E-state index contributed by atoms with van der Waals surface area (Å²) < 4.78 is 2.12. The quantitative estimate of drug-likeness (QED) is 0.734. The zero-order valence-electron chi connectivity index (χ0n) is 12.4. The maximum atomic E-state index is 12.8. The third-order valence-electron chi connectivity index (χ3n) is 3.72. The molecule has 7 heteroatoms. The summed E-state index contributed by atoms with van der Waals surface area (Å²) in [4.78, 5) is 29.9. The third kappa shape index (κ3) is 2.70. The van der Waals surface area contributed by atoms with E-state index in [1.165, 1.54) is 29.2 Å². The lowest BCUT2D eigenvalue weighted by atomic mass is 10.0. The van der Waals surface area contributed by atoms with Gasteiger partial charge in [-0.25, -0.2) is 9.78 Å². The van der Waals surface area contributed by atoms with Gasteiger partial charge in [0, 0.05) is 14.9 Å². The summed E-state index contributed by atoms with van der Waals surface area (Å²) in [5.41, 5.74) is 1.41. The molecule has 0 radical (unpaired) electrons. The SMILES string of the molecule is Cc1sc2ncn(C(C)C(=O)O)c(=O)c2c1-c1ccc(Br)cc1. The van der Waals surface area contributed by atoms with Gasteiger partial charge in [0.15, 0.2) is 0 Å². The number of carboxylic acid groups (broad SMARTS) is 1. The van der Waals surface area contributed by atoms with Gasteiger partial charge in [-0.2, -0.15) is 0 Å². The second kappa shape index (κ2) is 5.90. The number of carboxylic acids is 1. The van der Waals surface area contributed by atoms with Crippen LogP contribution in [0.2, 0.25) is 0 Å². The highest BCUT2D eigenvalue weighted by Crippen LogP contribution is 2.36. The Kier molecular flexibility index (Phi) is 4.08. The first-order valence-electron chi connectivity index (χ1n) is 6.89. The molecular formula is C16H13BrN2O3S. The number of halogens is 1. The Labute approximate surface area is 144 Å². The monoisotopic (exact) mass is 392 g/mol. The minimum atomic E-state index is -1.06. The number of hydrogen-bond acceptors (Lipinski definition) is 4. The number of nitrogens with zero attached hydrogens (tertiary/aromatic N) is 2. The minimum Gasteiger partial charge on any atom is -0.480 e. The number of carbonyl (C=O) groups is 1. The number of aliphatic carboxylic acids is 1. The molecule has 23 heavy (non-hydrogen) atoms. The molecule has 0 saturated carbocycles. The molecule has 3 rings (SSSR count). The fourth-order valence-corrected chi connectivity index (χ4v) is 3.74. The molecule has 1 N–H and O–H groups in total. The number of aryl methyl sites for hydroxylation is 1. The van der Waals surface area contributed by atoms with Crippen molar-refractivity contribution in [3.05, 3.63) is 50.3 Å². The first kappa shape index (κ1) is 15.9. The molecule has 0 aliphatic heterocycles. The van der Waals surface area contributed by atoms with Gasteiger partial charge in [-0.05, 0) is 31.5 Å². The van der Waals surface area contributed by atoms with Crippen LogP contribution in [0.25, 0.3) is 21.3 Å². The fraction of sp³-hybridized carbons (Fsp3) is 0.188. The molecule has 0 aliphatic carbocycles. The largest absolute Gasteiger partial charge is 0.480 e. The van der Waals surface area contributed by atoms with Gasteiger partial charge in [-0.15, -0.1) is 11.3 Å². The number of fused-ring (bicyclic) bond motifs is 1. The average molecular weight is 393 g/mol. The Bertz CT molecular complexity index is 960. The van der Waals surface area contributed by atoms with Crippen LogP contribution in [-0.2, 0) is 4.79 Å². The van der Waals surface area contributed by atoms with Gasteiger partial charge in [0.2, 0.25) is 0 Å². The summed E-state index contributed by atoms with van der Waals surface area (Å²) in [5, 5.41) is 9.64. The summed E-state index contributed by atoms with van der Waals surface area (Å²) in [7, 11) is 0. The van der Waals surface area contributed by atoms with E-state index in [9.17, 15) is 9.59 Å². The van der Waals surface area contributed by atoms with Crippen LogP contribution in [0.15, 0.2) is 39.9 Å². The van der Waals surface area contributed by atoms with Crippen molar-refractivity contribution in [1.29, 1.82) is 0 Å². The molecule has 118 valence electrons. The van der Waals surface area contributed by atoms with Crippen LogP contribution in [-0.4, -0.2) is 20.6 Å². The van der Waals surface area contributed by atoms with E-state index >= 15 is 0 Å². The summed E-state index contributed by atoms with van der Waals surface area (Å²) in [6, 6.07) is 6.71. The zero-order valence-corrected chi connectivity index (χ0v) is 14.8. The van der Waals surface area contributed by atoms with Crippen molar-refractivity contribution >= 4 is 43.5 Å². The second-order valence-electron chi connectivity index (χ2n) is 5.19. The van der Waals surface area contributed by atoms with E-state index in [1.807, 2.05) is 31.2 Å². The lowest BCUT2D eigenvalue weighted by Gasteiger charge is -2.10. The third-order valence-corrected chi connectivity index (χ3v) is 5.26. The van der Waals surface area contributed by atoms with Gasteiger partial charge < -0.3 is 5.11 Å². The van der Waals surface area contributed by atoms with Crippen molar-refractivity contribution < 1.29 is 9.90 Å². The molecule has 1 unspecified atom stereocenters. The van der Waals surface area contributed by atoms with Crippen LogP contribution in [0, 0.1) is 6.92 Å². The van der Waals surface area contributed by atoms with E-state index < -0.39 is 12.0 Å². The number of rotatable bonds is 3. The number of thiophene rings is 1. The van der Waals surface area contributed by atoms with Crippen molar-refractivity contribution in [2.45, 2.75) is 19.9 Å².